The van der Waals surface area contributed by atoms with Crippen molar-refractivity contribution in [1.82, 2.24) is 5.32 Å². The van der Waals surface area contributed by atoms with Gasteiger partial charge < -0.3 is 43.5 Å². The molecule has 0 radical (unpaired) electrons. The summed E-state index contributed by atoms with van der Waals surface area (Å²) >= 11 is 1.43. The number of rotatable bonds is 23. The fourth-order valence-electron chi connectivity index (χ4n) is 2.38. The monoisotopic (exact) mass is 561 g/mol. The number of thioether (sulfide) groups is 1. The lowest BCUT2D eigenvalue weighted by molar-refractivity contribution is -0.154. The Morgan fingerprint density at radius 1 is 0.833 bits per heavy atom. The highest BCUT2D eigenvalue weighted by molar-refractivity contribution is 7.99. The SMILES string of the molecule is CC(=O)OC[C@H](CSC[C@H](C)C(=O)NCCOCCOCCOCCOCCP(=O)(O)O)OC(C)=O. The van der Waals surface area contributed by atoms with E-state index in [0.717, 1.165) is 0 Å². The third kappa shape index (κ3) is 24.4. The smallest absolute Gasteiger partial charge is 0.327 e. The molecule has 0 rings (SSSR count). The highest BCUT2D eigenvalue weighted by atomic mass is 32.2. The van der Waals surface area contributed by atoms with Crippen molar-refractivity contribution in [1.29, 1.82) is 0 Å². The lowest BCUT2D eigenvalue weighted by Gasteiger charge is -2.17. The molecule has 0 fully saturated rings. The van der Waals surface area contributed by atoms with Crippen LogP contribution in [-0.2, 0) is 47.4 Å². The highest BCUT2D eigenvalue weighted by Crippen LogP contribution is 2.33. The van der Waals surface area contributed by atoms with Crippen LogP contribution in [0.15, 0.2) is 0 Å². The number of carbonyl (C=O) groups is 3. The zero-order valence-corrected chi connectivity index (χ0v) is 22.9. The molecule has 1 amide bonds. The molecule has 0 aromatic heterocycles. The molecule has 0 aromatic rings. The van der Waals surface area contributed by atoms with E-state index in [4.69, 9.17) is 38.2 Å². The van der Waals surface area contributed by atoms with Gasteiger partial charge in [-0.2, -0.15) is 11.8 Å². The Morgan fingerprint density at radius 2 is 1.36 bits per heavy atom. The Kier molecular flexibility index (Phi) is 21.0. The molecule has 0 unspecified atom stereocenters. The fourth-order valence-corrected chi connectivity index (χ4v) is 3.81. The summed E-state index contributed by atoms with van der Waals surface area (Å²) in [5, 5.41) is 2.79. The van der Waals surface area contributed by atoms with E-state index in [1.807, 2.05) is 0 Å². The van der Waals surface area contributed by atoms with Crippen molar-refractivity contribution in [2.45, 2.75) is 26.9 Å². The zero-order valence-electron chi connectivity index (χ0n) is 21.2. The number of nitrogens with one attached hydrogen (secondary N) is 1. The standard InChI is InChI=1S/C21H40NO12PS/c1-17(15-36-16-20(34-19(3)24)14-33-18(2)23)21(25)22-4-5-29-6-7-30-8-9-31-10-11-32-12-13-35(26,27)28/h17,20H,4-16H2,1-3H3,(H,22,25)(H2,26,27,28)/t17-,20+/m0/s1. The molecule has 212 valence electrons. The first-order chi connectivity index (χ1) is 17.0. The summed E-state index contributed by atoms with van der Waals surface area (Å²) in [7, 11) is -4.02. The van der Waals surface area contributed by atoms with Crippen molar-refractivity contribution in [3.63, 3.8) is 0 Å². The number of carbonyl (C=O) groups excluding carboxylic acids is 3. The normalized spacial score (nSPS) is 13.1. The van der Waals surface area contributed by atoms with E-state index in [0.29, 0.717) is 57.7 Å². The number of ether oxygens (including phenoxy) is 6. The molecule has 0 aliphatic heterocycles. The van der Waals surface area contributed by atoms with E-state index < -0.39 is 25.6 Å². The molecule has 0 spiro atoms. The summed E-state index contributed by atoms with van der Waals surface area (Å²) in [6.45, 7) is 7.05. The van der Waals surface area contributed by atoms with E-state index in [1.165, 1.54) is 25.6 Å². The minimum Gasteiger partial charge on any atom is -0.462 e. The molecule has 36 heavy (non-hydrogen) atoms. The minimum absolute atomic E-state index is 0.0170. The summed E-state index contributed by atoms with van der Waals surface area (Å²) < 4.78 is 41.7. The van der Waals surface area contributed by atoms with E-state index in [-0.39, 0.29) is 37.8 Å². The molecule has 0 aliphatic rings. The first-order valence-corrected chi connectivity index (χ1v) is 14.5. The van der Waals surface area contributed by atoms with Gasteiger partial charge in [0.1, 0.15) is 12.7 Å². The van der Waals surface area contributed by atoms with Crippen LogP contribution in [-0.4, -0.2) is 117 Å². The van der Waals surface area contributed by atoms with Gasteiger partial charge >= 0.3 is 19.5 Å². The number of amides is 1. The first kappa shape index (κ1) is 34.8. The maximum atomic E-state index is 12.2. The Labute approximate surface area is 216 Å². The van der Waals surface area contributed by atoms with Gasteiger partial charge in [0.2, 0.25) is 5.91 Å². The van der Waals surface area contributed by atoms with Crippen molar-refractivity contribution in [2.75, 3.05) is 83.7 Å². The molecule has 0 bridgehead atoms. The average molecular weight is 562 g/mol. The Bertz CT molecular complexity index is 663. The van der Waals surface area contributed by atoms with Gasteiger partial charge in [-0.15, -0.1) is 0 Å². The van der Waals surface area contributed by atoms with Gasteiger partial charge in [-0.1, -0.05) is 6.92 Å². The predicted molar refractivity (Wildman–Crippen MR) is 132 cm³/mol. The highest BCUT2D eigenvalue weighted by Gasteiger charge is 2.17. The number of esters is 2. The van der Waals surface area contributed by atoms with Crippen LogP contribution in [0.5, 0.6) is 0 Å². The first-order valence-electron chi connectivity index (χ1n) is 11.5. The molecule has 2 atom stereocenters. The van der Waals surface area contributed by atoms with Gasteiger partial charge in [-0.05, 0) is 0 Å². The lowest BCUT2D eigenvalue weighted by atomic mass is 10.2. The molecule has 0 aromatic carbocycles. The van der Waals surface area contributed by atoms with E-state index in [1.54, 1.807) is 6.92 Å². The maximum Gasteiger partial charge on any atom is 0.327 e. The Hall–Kier alpha value is -1.25. The minimum atomic E-state index is -4.02. The molecule has 13 nitrogen and oxygen atoms in total. The summed E-state index contributed by atoms with van der Waals surface area (Å²) in [5.41, 5.74) is 0. The Morgan fingerprint density at radius 3 is 1.86 bits per heavy atom. The van der Waals surface area contributed by atoms with Gasteiger partial charge in [-0.25, -0.2) is 0 Å². The summed E-state index contributed by atoms with van der Waals surface area (Å²) in [6, 6.07) is 0. The van der Waals surface area contributed by atoms with Crippen LogP contribution in [0, 0.1) is 5.92 Å². The zero-order chi connectivity index (χ0) is 27.2. The number of hydrogen-bond acceptors (Lipinski definition) is 11. The van der Waals surface area contributed by atoms with Crippen LogP contribution in [0.4, 0.5) is 0 Å². The van der Waals surface area contributed by atoms with Crippen LogP contribution >= 0.6 is 19.4 Å². The largest absolute Gasteiger partial charge is 0.462 e. The van der Waals surface area contributed by atoms with Crippen molar-refractivity contribution >= 4 is 37.2 Å². The molecule has 0 saturated heterocycles. The van der Waals surface area contributed by atoms with Gasteiger partial charge in [0.25, 0.3) is 0 Å². The second-order valence-corrected chi connectivity index (χ2v) is 10.5. The summed E-state index contributed by atoms with van der Waals surface area (Å²) in [5.74, 6) is -0.369. The van der Waals surface area contributed by atoms with Crippen LogP contribution in [0.2, 0.25) is 0 Å². The summed E-state index contributed by atoms with van der Waals surface area (Å²) in [4.78, 5) is 51.6. The predicted octanol–water partition coefficient (Wildman–Crippen LogP) is 0.211. The molecule has 3 N–H and O–H groups in total. The van der Waals surface area contributed by atoms with Crippen LogP contribution in [0.3, 0.4) is 0 Å². The second-order valence-electron chi connectivity index (χ2n) is 7.60. The van der Waals surface area contributed by atoms with Crippen LogP contribution < -0.4 is 5.32 Å². The molecular formula is C21H40NO12PS. The molecule has 0 saturated carbocycles. The second kappa shape index (κ2) is 21.8. The van der Waals surface area contributed by atoms with E-state index in [2.05, 4.69) is 5.32 Å². The number of hydrogen-bond donors (Lipinski definition) is 3. The molecule has 15 heteroatoms. The van der Waals surface area contributed by atoms with Crippen LogP contribution in [0.25, 0.3) is 0 Å². The maximum absolute atomic E-state index is 12.2. The van der Waals surface area contributed by atoms with Crippen molar-refractivity contribution in [3.8, 4) is 0 Å². The van der Waals surface area contributed by atoms with Gasteiger partial charge in [0.15, 0.2) is 0 Å². The average Bonchev–Trinajstić information content (AvgIpc) is 2.78. The fraction of sp³-hybridized carbons (Fsp3) is 0.857. The summed E-state index contributed by atoms with van der Waals surface area (Å²) in [6.07, 6.45) is -0.868. The molecule has 0 heterocycles. The third-order valence-electron chi connectivity index (χ3n) is 4.11. The topological polar surface area (TPSA) is 176 Å². The van der Waals surface area contributed by atoms with Gasteiger partial charge in [0.05, 0.1) is 59.0 Å². The lowest BCUT2D eigenvalue weighted by Crippen LogP contribution is -2.33. The van der Waals surface area contributed by atoms with Gasteiger partial charge in [0, 0.05) is 37.8 Å². The van der Waals surface area contributed by atoms with Crippen molar-refractivity contribution in [2.24, 2.45) is 5.92 Å². The molecule has 0 aliphatic carbocycles. The quantitative estimate of drug-likeness (QED) is 0.0877. The van der Waals surface area contributed by atoms with Gasteiger partial charge in [-0.3, -0.25) is 18.9 Å². The van der Waals surface area contributed by atoms with Crippen molar-refractivity contribution in [3.05, 3.63) is 0 Å². The van der Waals surface area contributed by atoms with E-state index >= 15 is 0 Å². The Balaban J connectivity index is 3.61. The van der Waals surface area contributed by atoms with Crippen LogP contribution in [0.1, 0.15) is 20.8 Å². The van der Waals surface area contributed by atoms with E-state index in [9.17, 15) is 18.9 Å². The molecular weight excluding hydrogens is 521 g/mol. The van der Waals surface area contributed by atoms with Crippen molar-refractivity contribution < 1.29 is 57.2 Å². The third-order valence-corrected chi connectivity index (χ3v) is 6.22.